The van der Waals surface area contributed by atoms with Crippen molar-refractivity contribution in [2.75, 3.05) is 13.1 Å². The lowest BCUT2D eigenvalue weighted by Crippen LogP contribution is -2.48. The van der Waals surface area contributed by atoms with E-state index < -0.39 is 0 Å². The van der Waals surface area contributed by atoms with Crippen molar-refractivity contribution in [3.63, 3.8) is 0 Å². The minimum Gasteiger partial charge on any atom is -0.462 e. The monoisotopic (exact) mass is 740 g/mol. The van der Waals surface area contributed by atoms with Gasteiger partial charge in [-0.25, -0.2) is 0 Å². The number of nitrogens with two attached hydrogens (primary N) is 2. The number of amides is 1. The number of rotatable bonds is 21. The molecular weight excluding hydrogens is 655 g/mol. The summed E-state index contributed by atoms with van der Waals surface area (Å²) in [7, 11) is 0. The standard InChI is InChI=1S/C47H85N3O3/c1-9-37(33(2)3)20-19-34(4)41-21-22-42-40-18-15-17-38-32-39(25-28-46(38,7)43(40)26-29-47(41,42)8)53-45(52)24-23-44(51)50(31-27-36(6)49)30-14-12-10-11-13-16-35(5)48/h17,33-37,39-43H,9-16,18-32,48-49H2,1-8H3/t34-,35?,36?,37-,39+,40-,41-,42+,43+,46+,47-/m1/s1. The van der Waals surface area contributed by atoms with Crippen LogP contribution in [0.1, 0.15) is 190 Å². The van der Waals surface area contributed by atoms with Crippen molar-refractivity contribution >= 4 is 11.9 Å². The number of carbonyl (C=O) groups excluding carboxylic acids is 2. The molecule has 11 atom stereocenters. The second-order valence-corrected chi connectivity index (χ2v) is 19.8. The van der Waals surface area contributed by atoms with Crippen molar-refractivity contribution < 1.29 is 14.3 Å². The molecule has 306 valence electrons. The first-order valence-corrected chi connectivity index (χ1v) is 22.9. The van der Waals surface area contributed by atoms with E-state index in [9.17, 15) is 9.59 Å². The molecule has 1 amide bonds. The smallest absolute Gasteiger partial charge is 0.306 e. The SMILES string of the molecule is CC[C@H](CC[C@@H](C)[C@H]1CC[C@H]2[C@H]3CCC=C4C[C@@H](OC(=O)CCC(=O)N(CCCCCCCC(C)N)CCC(C)N)CC[C@]4(C)[C@H]3CC[C@]12C)C(C)C. The first-order chi connectivity index (χ1) is 25.2. The normalized spacial score (nSPS) is 32.1. The lowest BCUT2D eigenvalue weighted by molar-refractivity contribution is -0.153. The summed E-state index contributed by atoms with van der Waals surface area (Å²) < 4.78 is 6.15. The highest BCUT2D eigenvalue weighted by Gasteiger charge is 2.58. The van der Waals surface area contributed by atoms with Gasteiger partial charge in [-0.15, -0.1) is 0 Å². The molecule has 3 saturated carbocycles. The van der Waals surface area contributed by atoms with Gasteiger partial charge in [-0.05, 0) is 143 Å². The van der Waals surface area contributed by atoms with Crippen LogP contribution in [0.5, 0.6) is 0 Å². The number of nitrogens with zero attached hydrogens (tertiary/aromatic N) is 1. The Labute approximate surface area is 327 Å². The predicted octanol–water partition coefficient (Wildman–Crippen LogP) is 11.0. The van der Waals surface area contributed by atoms with E-state index in [1.54, 1.807) is 5.57 Å². The molecule has 0 aromatic heterocycles. The van der Waals surface area contributed by atoms with Gasteiger partial charge in [0.1, 0.15) is 6.10 Å². The average Bonchev–Trinajstić information content (AvgIpc) is 3.39. The van der Waals surface area contributed by atoms with Crippen molar-refractivity contribution in [2.24, 2.45) is 63.7 Å². The summed E-state index contributed by atoms with van der Waals surface area (Å²) in [6.07, 6.45) is 25.5. The Balaban J connectivity index is 1.26. The van der Waals surface area contributed by atoms with Crippen LogP contribution in [0.4, 0.5) is 0 Å². The highest BCUT2D eigenvalue weighted by atomic mass is 16.5. The van der Waals surface area contributed by atoms with Crippen LogP contribution >= 0.6 is 0 Å². The summed E-state index contributed by atoms with van der Waals surface area (Å²) in [6, 6.07) is 0.322. The van der Waals surface area contributed by atoms with E-state index in [0.717, 1.165) is 92.9 Å². The van der Waals surface area contributed by atoms with Gasteiger partial charge in [-0.1, -0.05) is 91.7 Å². The van der Waals surface area contributed by atoms with E-state index in [1.165, 1.54) is 77.0 Å². The van der Waals surface area contributed by atoms with Gasteiger partial charge in [-0.2, -0.15) is 0 Å². The summed E-state index contributed by atoms with van der Waals surface area (Å²) in [4.78, 5) is 28.4. The van der Waals surface area contributed by atoms with E-state index >= 15 is 0 Å². The first kappa shape index (κ1) is 44.3. The largest absolute Gasteiger partial charge is 0.462 e. The number of esters is 1. The quantitative estimate of drug-likeness (QED) is 0.0694. The molecule has 0 aliphatic heterocycles. The van der Waals surface area contributed by atoms with Crippen molar-refractivity contribution in [2.45, 2.75) is 208 Å². The van der Waals surface area contributed by atoms with Crippen LogP contribution in [0.15, 0.2) is 11.6 Å². The summed E-state index contributed by atoms with van der Waals surface area (Å²) in [5.41, 5.74) is 14.2. The van der Waals surface area contributed by atoms with Crippen LogP contribution in [0.25, 0.3) is 0 Å². The van der Waals surface area contributed by atoms with Crippen LogP contribution in [0.2, 0.25) is 0 Å². The minimum absolute atomic E-state index is 0.0502. The molecule has 53 heavy (non-hydrogen) atoms. The summed E-state index contributed by atoms with van der Waals surface area (Å²) >= 11 is 0. The Morgan fingerprint density at radius 2 is 1.53 bits per heavy atom. The Morgan fingerprint density at radius 1 is 0.811 bits per heavy atom. The van der Waals surface area contributed by atoms with Gasteiger partial charge in [0.2, 0.25) is 5.91 Å². The number of fused-ring (bicyclic) bond motifs is 5. The van der Waals surface area contributed by atoms with Crippen LogP contribution < -0.4 is 11.5 Å². The fourth-order valence-corrected chi connectivity index (χ4v) is 12.3. The van der Waals surface area contributed by atoms with Crippen molar-refractivity contribution in [3.05, 3.63) is 11.6 Å². The van der Waals surface area contributed by atoms with E-state index in [4.69, 9.17) is 16.2 Å². The van der Waals surface area contributed by atoms with Crippen LogP contribution in [-0.2, 0) is 14.3 Å². The number of ether oxygens (including phenoxy) is 1. The highest BCUT2D eigenvalue weighted by molar-refractivity contribution is 5.81. The van der Waals surface area contributed by atoms with Gasteiger partial charge in [0, 0.05) is 38.0 Å². The lowest BCUT2D eigenvalue weighted by Gasteiger charge is -2.56. The molecule has 4 N–H and O–H groups in total. The highest BCUT2D eigenvalue weighted by Crippen LogP contribution is 2.67. The summed E-state index contributed by atoms with van der Waals surface area (Å²) in [5.74, 6) is 5.64. The van der Waals surface area contributed by atoms with E-state index in [1.807, 2.05) is 11.8 Å². The Hall–Kier alpha value is -1.40. The molecule has 4 aliphatic carbocycles. The first-order valence-electron chi connectivity index (χ1n) is 22.9. The maximum atomic E-state index is 13.3. The Kier molecular flexibility index (Phi) is 17.3. The molecule has 0 aromatic rings. The average molecular weight is 740 g/mol. The second kappa shape index (κ2) is 20.7. The van der Waals surface area contributed by atoms with Crippen LogP contribution in [0.3, 0.4) is 0 Å². The molecular formula is C47H85N3O3. The fraction of sp³-hybridized carbons (Fsp3) is 0.915. The van der Waals surface area contributed by atoms with Crippen LogP contribution in [-0.4, -0.2) is 48.1 Å². The van der Waals surface area contributed by atoms with Crippen LogP contribution in [0, 0.1) is 52.3 Å². The number of hydrogen-bond donors (Lipinski definition) is 2. The van der Waals surface area contributed by atoms with Crippen molar-refractivity contribution in [1.82, 2.24) is 4.90 Å². The third kappa shape index (κ3) is 11.8. The molecule has 0 spiro atoms. The van der Waals surface area contributed by atoms with Gasteiger partial charge < -0.3 is 21.1 Å². The Morgan fingerprint density at radius 3 is 2.23 bits per heavy atom. The van der Waals surface area contributed by atoms with E-state index in [-0.39, 0.29) is 48.3 Å². The van der Waals surface area contributed by atoms with Gasteiger partial charge in [0.15, 0.2) is 0 Å². The maximum absolute atomic E-state index is 13.3. The zero-order chi connectivity index (χ0) is 38.8. The molecule has 4 rings (SSSR count). The van der Waals surface area contributed by atoms with Crippen molar-refractivity contribution in [1.29, 1.82) is 0 Å². The molecule has 0 radical (unpaired) electrons. The van der Waals surface area contributed by atoms with E-state index in [0.29, 0.717) is 12.0 Å². The number of carbonyl (C=O) groups is 2. The minimum atomic E-state index is -0.210. The molecule has 4 aliphatic rings. The maximum Gasteiger partial charge on any atom is 0.306 e. The summed E-state index contributed by atoms with van der Waals surface area (Å²) in [6.45, 7) is 20.5. The molecule has 0 bridgehead atoms. The lowest BCUT2D eigenvalue weighted by atomic mass is 9.49. The zero-order valence-corrected chi connectivity index (χ0v) is 35.9. The van der Waals surface area contributed by atoms with E-state index in [2.05, 4.69) is 54.5 Å². The predicted molar refractivity (Wildman–Crippen MR) is 222 cm³/mol. The van der Waals surface area contributed by atoms with Crippen molar-refractivity contribution in [3.8, 4) is 0 Å². The molecule has 6 heteroatoms. The molecule has 2 unspecified atom stereocenters. The number of hydrogen-bond acceptors (Lipinski definition) is 5. The van der Waals surface area contributed by atoms with Gasteiger partial charge in [0.05, 0.1) is 6.42 Å². The number of unbranched alkanes of at least 4 members (excludes halogenated alkanes) is 4. The third-order valence-electron chi connectivity index (χ3n) is 15.7. The zero-order valence-electron chi connectivity index (χ0n) is 35.9. The number of allylic oxidation sites excluding steroid dienone is 1. The molecule has 3 fully saturated rings. The Bertz CT molecular complexity index is 1170. The van der Waals surface area contributed by atoms with Gasteiger partial charge in [-0.3, -0.25) is 9.59 Å². The molecule has 0 saturated heterocycles. The second-order valence-electron chi connectivity index (χ2n) is 19.8. The summed E-state index contributed by atoms with van der Waals surface area (Å²) in [5, 5.41) is 0. The van der Waals surface area contributed by atoms with Gasteiger partial charge >= 0.3 is 5.97 Å². The van der Waals surface area contributed by atoms with Gasteiger partial charge in [0.25, 0.3) is 0 Å². The fourth-order valence-electron chi connectivity index (χ4n) is 12.3. The molecule has 0 heterocycles. The topological polar surface area (TPSA) is 98.7 Å². The third-order valence-corrected chi connectivity index (χ3v) is 15.7. The molecule has 0 aromatic carbocycles. The molecule has 6 nitrogen and oxygen atoms in total.